The number of carbonyl (C=O) groups excluding carboxylic acids is 5. The van der Waals surface area contributed by atoms with Gasteiger partial charge in [0.05, 0.1) is 22.7 Å². The number of aliphatic hydroxyl groups is 6. The number of hydrogen-bond acceptors (Lipinski definition) is 14. The summed E-state index contributed by atoms with van der Waals surface area (Å²) in [5, 5.41) is 89.8. The summed E-state index contributed by atoms with van der Waals surface area (Å²) in [7, 11) is 3.28. The summed E-state index contributed by atoms with van der Waals surface area (Å²) in [6.07, 6.45) is -0.0662. The van der Waals surface area contributed by atoms with Crippen LogP contribution in [0.25, 0.3) is 11.5 Å². The number of hydrogen-bond donors (Lipinski definition) is 10. The zero-order valence-corrected chi connectivity index (χ0v) is 33.6. The number of Topliss-reactive ketones (excluding diaryl/α,β-unsaturated/α-hetero) is 3. The van der Waals surface area contributed by atoms with E-state index in [0.717, 1.165) is 0 Å². The summed E-state index contributed by atoms with van der Waals surface area (Å²) in [6, 6.07) is 4.86. The Hall–Kier alpha value is -6.85. The number of unbranched alkanes of at least 4 members (excludes halogenated alkanes) is 1. The van der Waals surface area contributed by atoms with Crippen LogP contribution in [-0.2, 0) is 36.8 Å². The number of nitrogens with zero attached hydrogens (tertiary/aromatic N) is 1. The molecule has 16 heteroatoms. The molecule has 2 aromatic rings. The van der Waals surface area contributed by atoms with Gasteiger partial charge in [0.15, 0.2) is 17.2 Å². The van der Waals surface area contributed by atoms with E-state index >= 15 is 0 Å². The Kier molecular flexibility index (Phi) is 9.90. The van der Waals surface area contributed by atoms with Crippen molar-refractivity contribution in [3.63, 3.8) is 0 Å². The molecule has 16 nitrogen and oxygen atoms in total. The molecule has 0 heterocycles. The van der Waals surface area contributed by atoms with Gasteiger partial charge in [0, 0.05) is 59.8 Å². The van der Waals surface area contributed by atoms with E-state index in [2.05, 4.69) is 23.7 Å². The van der Waals surface area contributed by atoms with Crippen molar-refractivity contribution in [2.45, 2.75) is 68.6 Å². The lowest BCUT2D eigenvalue weighted by Gasteiger charge is -2.51. The molecule has 0 radical (unpaired) electrons. The first-order valence-corrected chi connectivity index (χ1v) is 20.0. The van der Waals surface area contributed by atoms with Crippen molar-refractivity contribution < 1.29 is 64.8 Å². The SMILES string of the molecule is CN(C)[C@@H]1C(O)=C(C(N)=O)C[C@@]2(O)C(=O)C3=C(O)c4c(O)ccc(C#CCCC#Cc5ccc(O)c6c5C[C@H]5C[C@H]7CC(=O)C(C(N)=O)=C(O)[C@@]7(O)C(=O)C5=C6O)c4C[C@H]3C[C@@H]12. The summed E-state index contributed by atoms with van der Waals surface area (Å²) in [4.78, 5) is 66.4. The Labute approximate surface area is 354 Å². The van der Waals surface area contributed by atoms with Gasteiger partial charge in [-0.2, -0.15) is 0 Å². The number of benzene rings is 2. The smallest absolute Gasteiger partial charge is 0.255 e. The number of phenolic OH excluding ortho intramolecular Hbond substituents is 2. The van der Waals surface area contributed by atoms with Crippen molar-refractivity contribution >= 4 is 40.7 Å². The highest BCUT2D eigenvalue weighted by atomic mass is 16.3. The van der Waals surface area contributed by atoms with E-state index in [9.17, 15) is 64.8 Å². The van der Waals surface area contributed by atoms with Crippen molar-refractivity contribution in [1.29, 1.82) is 0 Å². The van der Waals surface area contributed by atoms with Crippen LogP contribution in [0.1, 0.15) is 71.9 Å². The topological polar surface area (TPSA) is 302 Å². The van der Waals surface area contributed by atoms with E-state index in [1.807, 2.05) is 0 Å². The highest BCUT2D eigenvalue weighted by molar-refractivity contribution is 6.22. The number of carbonyl (C=O) groups is 5. The average Bonchev–Trinajstić information content (AvgIpc) is 3.19. The first-order valence-electron chi connectivity index (χ1n) is 20.0. The minimum Gasteiger partial charge on any atom is -0.510 e. The fourth-order valence-electron chi connectivity index (χ4n) is 10.6. The third kappa shape index (κ3) is 6.00. The van der Waals surface area contributed by atoms with E-state index in [1.54, 1.807) is 31.1 Å². The van der Waals surface area contributed by atoms with Crippen molar-refractivity contribution in [1.82, 2.24) is 4.90 Å². The normalized spacial score (nSPS) is 28.7. The average molecular weight is 846 g/mol. The predicted molar refractivity (Wildman–Crippen MR) is 218 cm³/mol. The molecule has 7 atom stereocenters. The number of likely N-dealkylation sites (N-methyl/N-ethyl adjacent to an activating group) is 1. The largest absolute Gasteiger partial charge is 0.510 e. The number of aliphatic hydroxyl groups excluding tert-OH is 4. The first kappa shape index (κ1) is 41.9. The second-order valence-electron chi connectivity index (χ2n) is 17.1. The molecular weight excluding hydrogens is 803 g/mol. The van der Waals surface area contributed by atoms with E-state index in [4.69, 9.17) is 11.5 Å². The van der Waals surface area contributed by atoms with Crippen molar-refractivity contribution in [3.8, 4) is 35.2 Å². The van der Waals surface area contributed by atoms with Crippen LogP contribution in [0, 0.1) is 47.4 Å². The lowest BCUT2D eigenvalue weighted by Crippen LogP contribution is -2.62. The van der Waals surface area contributed by atoms with E-state index in [0.29, 0.717) is 22.3 Å². The van der Waals surface area contributed by atoms with Gasteiger partial charge in [0.2, 0.25) is 11.7 Å². The molecule has 6 aliphatic rings. The second-order valence-corrected chi connectivity index (χ2v) is 17.1. The first-order chi connectivity index (χ1) is 29.2. The fourth-order valence-corrected chi connectivity index (χ4v) is 10.6. The predicted octanol–water partition coefficient (Wildman–Crippen LogP) is 1.71. The van der Waals surface area contributed by atoms with Crippen LogP contribution in [0.3, 0.4) is 0 Å². The minimum atomic E-state index is -2.67. The molecule has 2 amide bonds. The van der Waals surface area contributed by atoms with Crippen LogP contribution in [0.2, 0.25) is 0 Å². The van der Waals surface area contributed by atoms with Crippen LogP contribution >= 0.6 is 0 Å². The zero-order chi connectivity index (χ0) is 44.9. The van der Waals surface area contributed by atoms with Crippen LogP contribution in [-0.4, -0.2) is 106 Å². The molecule has 0 unspecified atom stereocenters. The summed E-state index contributed by atoms with van der Waals surface area (Å²) >= 11 is 0. The van der Waals surface area contributed by atoms with Crippen molar-refractivity contribution in [2.75, 3.05) is 14.1 Å². The van der Waals surface area contributed by atoms with Gasteiger partial charge in [-0.25, -0.2) is 0 Å². The Morgan fingerprint density at radius 1 is 0.742 bits per heavy atom. The highest BCUT2D eigenvalue weighted by Crippen LogP contribution is 2.54. The zero-order valence-electron chi connectivity index (χ0n) is 33.6. The molecule has 0 saturated heterocycles. The molecule has 62 heavy (non-hydrogen) atoms. The molecule has 0 aliphatic heterocycles. The summed E-state index contributed by atoms with van der Waals surface area (Å²) in [5.74, 6) is 0.655. The molecular formula is C46H43N3O13. The van der Waals surface area contributed by atoms with Gasteiger partial charge in [0.1, 0.15) is 45.7 Å². The molecule has 0 bridgehead atoms. The molecule has 2 saturated carbocycles. The Morgan fingerprint density at radius 3 is 1.76 bits per heavy atom. The van der Waals surface area contributed by atoms with Crippen molar-refractivity contribution in [2.24, 2.45) is 35.1 Å². The maximum atomic E-state index is 14.1. The Morgan fingerprint density at radius 2 is 1.26 bits per heavy atom. The number of phenols is 2. The number of primary amides is 2. The molecule has 8 rings (SSSR count). The highest BCUT2D eigenvalue weighted by Gasteiger charge is 2.62. The molecule has 12 N–H and O–H groups in total. The van der Waals surface area contributed by atoms with Crippen LogP contribution in [0.15, 0.2) is 58.1 Å². The van der Waals surface area contributed by atoms with E-state index in [1.165, 1.54) is 12.1 Å². The number of aromatic hydroxyl groups is 2. The Bertz CT molecular complexity index is 2740. The number of amides is 2. The Balaban J connectivity index is 1.04. The van der Waals surface area contributed by atoms with Gasteiger partial charge in [-0.15, -0.1) is 0 Å². The van der Waals surface area contributed by atoms with Crippen LogP contribution < -0.4 is 11.5 Å². The van der Waals surface area contributed by atoms with E-state index < -0.39 is 106 Å². The summed E-state index contributed by atoms with van der Waals surface area (Å²) in [6.45, 7) is 0. The monoisotopic (exact) mass is 845 g/mol. The standard InChI is InChI=1S/C46H43N3O13/c1-49(2)36-27-16-22-15-25-20(10-11-28(50)33(25)38(54)31(22)40(56)45(27,61)18-26(37(36)53)43(47)59)8-6-4-3-5-7-19-9-12-29(51)34-24(19)14-21-13-23-17-30(52)35(44(48)60)42(58)46(23,62)41(57)32(21)39(34)55/h9-12,21-23,27,36,50-51,53-55,58,61-62H,3-4,13-18H2,1-2H3,(H2,47,59)(H2,48,60)/t21-,22+,23+,27+,36+,45+,46+/m1/s1. The number of rotatable bonds is 4. The van der Waals surface area contributed by atoms with Crippen molar-refractivity contribution in [3.05, 3.63) is 91.5 Å². The molecule has 0 spiro atoms. The van der Waals surface area contributed by atoms with Gasteiger partial charge in [-0.05, 0) is 87.0 Å². The maximum Gasteiger partial charge on any atom is 0.255 e. The number of nitrogens with two attached hydrogens (primary N) is 2. The second kappa shape index (κ2) is 14.7. The van der Waals surface area contributed by atoms with Gasteiger partial charge in [0.25, 0.3) is 5.91 Å². The minimum absolute atomic E-state index is 0.00685. The summed E-state index contributed by atoms with van der Waals surface area (Å²) < 4.78 is 0. The fraction of sp³-hybridized carbons (Fsp3) is 0.370. The van der Waals surface area contributed by atoms with Crippen LogP contribution in [0.5, 0.6) is 11.5 Å². The lowest BCUT2D eigenvalue weighted by molar-refractivity contribution is -0.151. The van der Waals surface area contributed by atoms with Gasteiger partial charge < -0.3 is 52.3 Å². The quantitative estimate of drug-likeness (QED) is 0.119. The van der Waals surface area contributed by atoms with Crippen LogP contribution in [0.4, 0.5) is 0 Å². The third-order valence-electron chi connectivity index (χ3n) is 13.5. The number of fused-ring (bicyclic) bond motifs is 6. The molecule has 6 aliphatic carbocycles. The van der Waals surface area contributed by atoms with Gasteiger partial charge >= 0.3 is 0 Å². The molecule has 320 valence electrons. The van der Waals surface area contributed by atoms with Gasteiger partial charge in [-0.1, -0.05) is 23.7 Å². The molecule has 0 aromatic heterocycles. The number of ketones is 3. The van der Waals surface area contributed by atoms with Gasteiger partial charge in [-0.3, -0.25) is 28.9 Å². The maximum absolute atomic E-state index is 14.1. The third-order valence-corrected chi connectivity index (χ3v) is 13.5. The lowest BCUT2D eigenvalue weighted by atomic mass is 9.57. The molecule has 2 aromatic carbocycles. The summed E-state index contributed by atoms with van der Waals surface area (Å²) in [5.41, 5.74) is 6.24. The van der Waals surface area contributed by atoms with E-state index in [-0.39, 0.29) is 83.6 Å². The molecule has 2 fully saturated rings.